The average Bonchev–Trinajstić information content (AvgIpc) is 3.66. The number of furan rings is 1. The number of fused-ring (bicyclic) bond motifs is 1. The molecule has 0 spiro atoms. The number of amides is 1. The minimum absolute atomic E-state index is 0.0132. The van der Waals surface area contributed by atoms with E-state index in [1.54, 1.807) is 24.8 Å². The van der Waals surface area contributed by atoms with Gasteiger partial charge >= 0.3 is 13.1 Å². The molecule has 0 radical (unpaired) electrons. The van der Waals surface area contributed by atoms with E-state index in [4.69, 9.17) is 13.7 Å². The second-order valence-electron chi connectivity index (χ2n) is 14.7. The van der Waals surface area contributed by atoms with Crippen molar-refractivity contribution in [3.05, 3.63) is 135 Å². The molecule has 1 aromatic heterocycles. The van der Waals surface area contributed by atoms with Crippen LogP contribution in [0.1, 0.15) is 85.2 Å². The molecule has 0 aliphatic carbocycles. The van der Waals surface area contributed by atoms with E-state index in [0.717, 1.165) is 31.9 Å². The number of carboxylic acids is 1. The maximum atomic E-state index is 14.8. The van der Waals surface area contributed by atoms with Crippen LogP contribution in [0.3, 0.4) is 0 Å². The second kappa shape index (κ2) is 14.3. The first-order chi connectivity index (χ1) is 24.5. The Hall–Kier alpha value is -4.32. The molecule has 11 heteroatoms. The van der Waals surface area contributed by atoms with Gasteiger partial charge in [0.05, 0.1) is 28.7 Å². The lowest BCUT2D eigenvalue weighted by Gasteiger charge is -2.37. The van der Waals surface area contributed by atoms with E-state index >= 15 is 0 Å². The number of benzene rings is 4. The molecule has 0 bridgehead atoms. The van der Waals surface area contributed by atoms with Gasteiger partial charge in [-0.1, -0.05) is 82.7 Å². The normalized spacial score (nSPS) is 17.2. The van der Waals surface area contributed by atoms with E-state index in [9.17, 15) is 23.5 Å². The molecule has 1 N–H and O–H groups in total. The van der Waals surface area contributed by atoms with Crippen molar-refractivity contribution in [2.45, 2.75) is 84.1 Å². The van der Waals surface area contributed by atoms with Crippen LogP contribution in [-0.2, 0) is 39.0 Å². The van der Waals surface area contributed by atoms with E-state index in [-0.39, 0.29) is 24.8 Å². The Labute approximate surface area is 311 Å². The Morgan fingerprint density at radius 2 is 1.63 bits per heavy atom. The van der Waals surface area contributed by atoms with Crippen LogP contribution in [0, 0.1) is 6.92 Å². The van der Waals surface area contributed by atoms with Gasteiger partial charge in [0, 0.05) is 17.4 Å². The van der Waals surface area contributed by atoms with Gasteiger partial charge in [-0.3, -0.25) is 9.59 Å². The van der Waals surface area contributed by atoms with Gasteiger partial charge in [-0.25, -0.2) is 8.78 Å². The van der Waals surface area contributed by atoms with E-state index in [2.05, 4.69) is 15.9 Å². The lowest BCUT2D eigenvalue weighted by atomic mass is 9.75. The third kappa shape index (κ3) is 7.31. The molecule has 7 nitrogen and oxygen atoms in total. The molecule has 1 saturated heterocycles. The molecule has 0 saturated carbocycles. The van der Waals surface area contributed by atoms with Crippen LogP contribution in [0.25, 0.3) is 10.8 Å². The van der Waals surface area contributed by atoms with Crippen molar-refractivity contribution in [3.8, 4) is 0 Å². The molecular weight excluding hydrogens is 731 g/mol. The van der Waals surface area contributed by atoms with Gasteiger partial charge in [-0.15, -0.1) is 0 Å². The van der Waals surface area contributed by atoms with Crippen molar-refractivity contribution >= 4 is 51.2 Å². The minimum atomic E-state index is -2.76. The molecule has 52 heavy (non-hydrogen) atoms. The Kier molecular flexibility index (Phi) is 10.3. The number of aliphatic carboxylic acids is 1. The SMILES string of the molecule is Cc1ccc2cccc(CC3(C)OB(c4cccc(C(C)(C)C(=O)O)c4)OC3(C)C)c2c1C(=O)N(Cc1ccc(Br)cc1)Cc1ccc(C(F)F)o1. The number of rotatable bonds is 11. The highest BCUT2D eigenvalue weighted by atomic mass is 79.9. The minimum Gasteiger partial charge on any atom is -0.481 e. The smallest absolute Gasteiger partial charge is 0.481 e. The maximum Gasteiger partial charge on any atom is 0.494 e. The number of carboxylic acid groups (broad SMARTS) is 1. The zero-order valence-electron chi connectivity index (χ0n) is 30.0. The van der Waals surface area contributed by atoms with Gasteiger partial charge in [0.1, 0.15) is 5.76 Å². The van der Waals surface area contributed by atoms with Crippen LogP contribution in [0.4, 0.5) is 8.78 Å². The van der Waals surface area contributed by atoms with Gasteiger partial charge in [0.25, 0.3) is 12.3 Å². The predicted octanol–water partition coefficient (Wildman–Crippen LogP) is 9.17. The first-order valence-electron chi connectivity index (χ1n) is 17.1. The molecular formula is C41H41BBrF2NO6. The van der Waals surface area contributed by atoms with Gasteiger partial charge in [0.15, 0.2) is 5.76 Å². The lowest BCUT2D eigenvalue weighted by molar-refractivity contribution is -0.142. The largest absolute Gasteiger partial charge is 0.494 e. The second-order valence-corrected chi connectivity index (χ2v) is 15.6. The van der Waals surface area contributed by atoms with Crippen molar-refractivity contribution in [2.24, 2.45) is 0 Å². The van der Waals surface area contributed by atoms with Gasteiger partial charge in [-0.2, -0.15) is 0 Å². The van der Waals surface area contributed by atoms with Crippen LogP contribution in [0.5, 0.6) is 0 Å². The average molecular weight is 772 g/mol. The van der Waals surface area contributed by atoms with Crippen LogP contribution < -0.4 is 5.46 Å². The summed E-state index contributed by atoms with van der Waals surface area (Å²) in [5.74, 6) is -1.39. The summed E-state index contributed by atoms with van der Waals surface area (Å²) in [5, 5.41) is 11.5. The predicted molar refractivity (Wildman–Crippen MR) is 201 cm³/mol. The molecule has 5 aromatic rings. The highest BCUT2D eigenvalue weighted by Crippen LogP contribution is 2.42. The first-order valence-corrected chi connectivity index (χ1v) is 17.9. The standard InChI is InChI=1S/C41H41BBrF2NO6/c1-25-13-16-27-9-7-10-28(22-41(6)40(4,5)51-42(52-41)30-12-8-11-29(21-30)39(2,3)38(48)49)35(27)34(25)37(47)46(23-26-14-17-31(43)18-15-26)24-32-19-20-33(50-32)36(44)45/h7-21,36H,22-24H2,1-6H3,(H,48,49). The molecule has 1 aliphatic heterocycles. The van der Waals surface area contributed by atoms with Crippen molar-refractivity contribution in [3.63, 3.8) is 0 Å². The Morgan fingerprint density at radius 1 is 0.923 bits per heavy atom. The number of nitrogens with zero attached hydrogens (tertiary/aromatic N) is 1. The Morgan fingerprint density at radius 3 is 2.31 bits per heavy atom. The Balaban J connectivity index is 1.38. The number of halogens is 3. The van der Waals surface area contributed by atoms with Crippen LogP contribution >= 0.6 is 15.9 Å². The third-order valence-corrected chi connectivity index (χ3v) is 10.9. The van der Waals surface area contributed by atoms with Crippen LogP contribution in [0.15, 0.2) is 99.9 Å². The number of hydrogen-bond acceptors (Lipinski definition) is 5. The molecule has 2 heterocycles. The lowest BCUT2D eigenvalue weighted by Crippen LogP contribution is -2.46. The summed E-state index contributed by atoms with van der Waals surface area (Å²) in [6.45, 7) is 11.4. The highest BCUT2D eigenvalue weighted by Gasteiger charge is 2.55. The molecule has 4 aromatic carbocycles. The van der Waals surface area contributed by atoms with Crippen molar-refractivity contribution in [1.29, 1.82) is 0 Å². The summed E-state index contributed by atoms with van der Waals surface area (Å²) >= 11 is 3.47. The first kappa shape index (κ1) is 37.4. The van der Waals surface area contributed by atoms with Gasteiger partial charge < -0.3 is 23.7 Å². The topological polar surface area (TPSA) is 89.2 Å². The quantitative estimate of drug-likeness (QED) is 0.135. The molecule has 1 atom stereocenters. The van der Waals surface area contributed by atoms with Crippen molar-refractivity contribution in [1.82, 2.24) is 4.90 Å². The summed E-state index contributed by atoms with van der Waals surface area (Å²) in [5.41, 5.74) is 1.60. The molecule has 1 unspecified atom stereocenters. The molecule has 1 fully saturated rings. The molecule has 270 valence electrons. The van der Waals surface area contributed by atoms with E-state index in [1.165, 1.54) is 12.1 Å². The number of carbonyl (C=O) groups excluding carboxylic acids is 1. The van der Waals surface area contributed by atoms with Gasteiger partial charge in [0.2, 0.25) is 0 Å². The third-order valence-electron chi connectivity index (χ3n) is 10.4. The van der Waals surface area contributed by atoms with Gasteiger partial charge in [-0.05, 0) is 104 Å². The monoisotopic (exact) mass is 771 g/mol. The maximum absolute atomic E-state index is 14.8. The van der Waals surface area contributed by atoms with Crippen molar-refractivity contribution < 1.29 is 37.2 Å². The number of aryl methyl sites for hydroxylation is 1. The summed E-state index contributed by atoms with van der Waals surface area (Å²) < 4.78 is 46.5. The zero-order chi connectivity index (χ0) is 37.6. The molecule has 1 aliphatic rings. The number of alkyl halides is 2. The zero-order valence-corrected chi connectivity index (χ0v) is 31.6. The fourth-order valence-corrected chi connectivity index (χ4v) is 6.95. The fraction of sp³-hybridized carbons (Fsp3) is 0.317. The molecule has 1 amide bonds. The van der Waals surface area contributed by atoms with Crippen LogP contribution in [-0.4, -0.2) is 40.2 Å². The number of hydrogen-bond donors (Lipinski definition) is 1. The highest BCUT2D eigenvalue weighted by molar-refractivity contribution is 9.10. The fourth-order valence-electron chi connectivity index (χ4n) is 6.68. The summed E-state index contributed by atoms with van der Waals surface area (Å²) in [6.07, 6.45) is -2.37. The van der Waals surface area contributed by atoms with Crippen LogP contribution in [0.2, 0.25) is 0 Å². The van der Waals surface area contributed by atoms with E-state index in [0.29, 0.717) is 23.0 Å². The van der Waals surface area contributed by atoms with E-state index in [1.807, 2.05) is 100 Å². The Bertz CT molecular complexity index is 2130. The summed E-state index contributed by atoms with van der Waals surface area (Å²) in [7, 11) is -0.754. The summed E-state index contributed by atoms with van der Waals surface area (Å²) in [6, 6.07) is 27.4. The van der Waals surface area contributed by atoms with E-state index < -0.39 is 41.9 Å². The summed E-state index contributed by atoms with van der Waals surface area (Å²) in [4.78, 5) is 28.5. The number of carbonyl (C=O) groups is 2. The molecule has 6 rings (SSSR count). The van der Waals surface area contributed by atoms with Crippen molar-refractivity contribution in [2.75, 3.05) is 0 Å².